The molecule has 1 unspecified atom stereocenters. The largest absolute Gasteiger partial charge is 0.396 e. The zero-order valence-corrected chi connectivity index (χ0v) is 14.6. The Morgan fingerprint density at radius 3 is 2.92 bits per heavy atom. The summed E-state index contributed by atoms with van der Waals surface area (Å²) >= 11 is 0. The molecule has 1 atom stereocenters. The van der Waals surface area contributed by atoms with E-state index in [1.807, 2.05) is 28.9 Å². The van der Waals surface area contributed by atoms with E-state index in [0.29, 0.717) is 18.9 Å². The Morgan fingerprint density at radius 2 is 2.25 bits per heavy atom. The van der Waals surface area contributed by atoms with Crippen LogP contribution in [-0.2, 0) is 16.1 Å². The van der Waals surface area contributed by atoms with E-state index in [-0.39, 0.29) is 18.1 Å². The normalized spacial score (nSPS) is 23.6. The third-order valence-electron chi connectivity index (χ3n) is 5.48. The summed E-state index contributed by atoms with van der Waals surface area (Å²) in [5.74, 6) is 0.773. The molecular formula is C18H29N3O3. The van der Waals surface area contributed by atoms with Gasteiger partial charge in [0.2, 0.25) is 5.91 Å². The van der Waals surface area contributed by atoms with Gasteiger partial charge in [0.05, 0.1) is 11.8 Å². The highest BCUT2D eigenvalue weighted by molar-refractivity contribution is 5.76. The van der Waals surface area contributed by atoms with E-state index in [9.17, 15) is 9.90 Å². The third-order valence-corrected chi connectivity index (χ3v) is 5.48. The SMILES string of the molecule is Cc1cnn(CCC(=O)N2CCC3(CC2)CC(CCO)CCO3)c1. The van der Waals surface area contributed by atoms with E-state index in [1.165, 1.54) is 0 Å². The summed E-state index contributed by atoms with van der Waals surface area (Å²) in [5.41, 5.74) is 1.06. The number of nitrogens with zero attached hydrogens (tertiary/aromatic N) is 3. The number of aromatic nitrogens is 2. The number of amides is 1. The summed E-state index contributed by atoms with van der Waals surface area (Å²) in [6, 6.07) is 0. The van der Waals surface area contributed by atoms with Gasteiger partial charge in [-0.2, -0.15) is 5.10 Å². The van der Waals surface area contributed by atoms with Crippen LogP contribution < -0.4 is 0 Å². The molecule has 2 aliphatic heterocycles. The quantitative estimate of drug-likeness (QED) is 0.890. The number of hydrogen-bond acceptors (Lipinski definition) is 4. The molecule has 1 N–H and O–H groups in total. The third kappa shape index (κ3) is 4.16. The second-order valence-corrected chi connectivity index (χ2v) is 7.31. The standard InChI is InChI=1S/C18H29N3O3/c1-15-13-19-21(14-15)7-2-17(23)20-8-5-18(6-9-20)12-16(3-10-22)4-11-24-18/h13-14,16,22H,2-12H2,1H3. The van der Waals surface area contributed by atoms with Crippen molar-refractivity contribution in [1.29, 1.82) is 0 Å². The van der Waals surface area contributed by atoms with E-state index < -0.39 is 0 Å². The van der Waals surface area contributed by atoms with Gasteiger partial charge in [-0.25, -0.2) is 0 Å². The van der Waals surface area contributed by atoms with Crippen molar-refractivity contribution in [2.24, 2.45) is 5.92 Å². The number of aryl methyl sites for hydroxylation is 2. The number of rotatable bonds is 5. The van der Waals surface area contributed by atoms with Crippen LogP contribution in [0.1, 0.15) is 44.1 Å². The maximum absolute atomic E-state index is 12.4. The summed E-state index contributed by atoms with van der Waals surface area (Å²) in [6.45, 7) is 5.26. The second-order valence-electron chi connectivity index (χ2n) is 7.31. The molecule has 0 aliphatic carbocycles. The van der Waals surface area contributed by atoms with Gasteiger partial charge < -0.3 is 14.7 Å². The van der Waals surface area contributed by atoms with Gasteiger partial charge >= 0.3 is 0 Å². The minimum Gasteiger partial charge on any atom is -0.396 e. The molecule has 6 heteroatoms. The van der Waals surface area contributed by atoms with E-state index in [2.05, 4.69) is 5.10 Å². The van der Waals surface area contributed by atoms with Gasteiger partial charge in [-0.3, -0.25) is 9.48 Å². The van der Waals surface area contributed by atoms with Gasteiger partial charge in [-0.15, -0.1) is 0 Å². The number of ether oxygens (including phenoxy) is 1. The number of piperidine rings is 1. The molecular weight excluding hydrogens is 306 g/mol. The van der Waals surface area contributed by atoms with Crippen LogP contribution >= 0.6 is 0 Å². The maximum atomic E-state index is 12.4. The molecule has 24 heavy (non-hydrogen) atoms. The Bertz CT molecular complexity index is 547. The average Bonchev–Trinajstić information content (AvgIpc) is 2.99. The Labute approximate surface area is 143 Å². The fraction of sp³-hybridized carbons (Fsp3) is 0.778. The molecule has 3 heterocycles. The Hall–Kier alpha value is -1.40. The zero-order chi connectivity index (χ0) is 17.0. The fourth-order valence-electron chi connectivity index (χ4n) is 4.03. The number of carbonyl (C=O) groups is 1. The van der Waals surface area contributed by atoms with E-state index >= 15 is 0 Å². The highest BCUT2D eigenvalue weighted by Crippen LogP contribution is 2.38. The van der Waals surface area contributed by atoms with Crippen molar-refractivity contribution >= 4 is 5.91 Å². The van der Waals surface area contributed by atoms with E-state index in [1.54, 1.807) is 0 Å². The predicted octanol–water partition coefficient (Wildman–Crippen LogP) is 1.75. The number of hydrogen-bond donors (Lipinski definition) is 1. The van der Waals surface area contributed by atoms with Crippen LogP contribution in [0.5, 0.6) is 0 Å². The molecule has 1 amide bonds. The van der Waals surface area contributed by atoms with E-state index in [4.69, 9.17) is 4.74 Å². The molecule has 2 saturated heterocycles. The van der Waals surface area contributed by atoms with Crippen LogP contribution in [0.25, 0.3) is 0 Å². The molecule has 134 valence electrons. The number of carbonyl (C=O) groups excluding carboxylic acids is 1. The lowest BCUT2D eigenvalue weighted by atomic mass is 9.78. The number of aliphatic hydroxyl groups excluding tert-OH is 1. The second kappa shape index (κ2) is 7.66. The highest BCUT2D eigenvalue weighted by Gasteiger charge is 2.40. The van der Waals surface area contributed by atoms with Crippen LogP contribution in [0.15, 0.2) is 12.4 Å². The van der Waals surface area contributed by atoms with Crippen LogP contribution in [0.3, 0.4) is 0 Å². The predicted molar refractivity (Wildman–Crippen MR) is 90.5 cm³/mol. The molecule has 2 fully saturated rings. The van der Waals surface area contributed by atoms with Gasteiger partial charge in [0.25, 0.3) is 0 Å². The Balaban J connectivity index is 1.46. The van der Waals surface area contributed by atoms with Gasteiger partial charge in [0.1, 0.15) is 0 Å². The Morgan fingerprint density at radius 1 is 1.46 bits per heavy atom. The van der Waals surface area contributed by atoms with Gasteiger partial charge in [-0.1, -0.05) is 0 Å². The van der Waals surface area contributed by atoms with Crippen molar-refractivity contribution < 1.29 is 14.6 Å². The topological polar surface area (TPSA) is 67.6 Å². The molecule has 1 spiro atoms. The first-order valence-corrected chi connectivity index (χ1v) is 9.12. The van der Waals surface area contributed by atoms with E-state index in [0.717, 1.165) is 57.4 Å². The number of aliphatic hydroxyl groups is 1. The lowest BCUT2D eigenvalue weighted by Gasteiger charge is -2.46. The molecule has 1 aromatic rings. The molecule has 0 aromatic carbocycles. The molecule has 2 aliphatic rings. The van der Waals surface area contributed by atoms with Gasteiger partial charge in [-0.05, 0) is 50.5 Å². The molecule has 0 radical (unpaired) electrons. The minimum absolute atomic E-state index is 0.0615. The first-order valence-electron chi connectivity index (χ1n) is 9.12. The molecule has 3 rings (SSSR count). The van der Waals surface area contributed by atoms with Crippen molar-refractivity contribution in [3.8, 4) is 0 Å². The monoisotopic (exact) mass is 335 g/mol. The zero-order valence-electron chi connectivity index (χ0n) is 14.6. The molecule has 1 aromatic heterocycles. The van der Waals surface area contributed by atoms with Crippen molar-refractivity contribution in [2.45, 2.75) is 57.6 Å². The highest BCUT2D eigenvalue weighted by atomic mass is 16.5. The summed E-state index contributed by atoms with van der Waals surface area (Å²) in [5, 5.41) is 13.4. The number of likely N-dealkylation sites (tertiary alicyclic amines) is 1. The lowest BCUT2D eigenvalue weighted by Crippen LogP contribution is -2.51. The molecule has 0 bridgehead atoms. The minimum atomic E-state index is -0.0615. The van der Waals surface area contributed by atoms with Crippen LogP contribution in [0.4, 0.5) is 0 Å². The van der Waals surface area contributed by atoms with Crippen molar-refractivity contribution in [1.82, 2.24) is 14.7 Å². The first-order chi connectivity index (χ1) is 11.6. The van der Waals surface area contributed by atoms with Crippen LogP contribution in [0, 0.1) is 12.8 Å². The fourth-order valence-corrected chi connectivity index (χ4v) is 4.03. The van der Waals surface area contributed by atoms with Gasteiger partial charge in [0.15, 0.2) is 0 Å². The van der Waals surface area contributed by atoms with Crippen LogP contribution in [-0.4, -0.2) is 57.6 Å². The van der Waals surface area contributed by atoms with Crippen molar-refractivity contribution in [3.63, 3.8) is 0 Å². The maximum Gasteiger partial charge on any atom is 0.224 e. The summed E-state index contributed by atoms with van der Waals surface area (Å²) < 4.78 is 7.95. The van der Waals surface area contributed by atoms with Crippen molar-refractivity contribution in [3.05, 3.63) is 18.0 Å². The smallest absolute Gasteiger partial charge is 0.224 e. The summed E-state index contributed by atoms with van der Waals surface area (Å²) in [6.07, 6.45) is 9.08. The summed E-state index contributed by atoms with van der Waals surface area (Å²) in [4.78, 5) is 14.4. The van der Waals surface area contributed by atoms with Crippen LogP contribution in [0.2, 0.25) is 0 Å². The van der Waals surface area contributed by atoms with Gasteiger partial charge in [0, 0.05) is 45.5 Å². The molecule has 0 saturated carbocycles. The lowest BCUT2D eigenvalue weighted by molar-refractivity contribution is -0.148. The Kier molecular flexibility index (Phi) is 5.56. The summed E-state index contributed by atoms with van der Waals surface area (Å²) in [7, 11) is 0. The van der Waals surface area contributed by atoms with Crippen molar-refractivity contribution in [2.75, 3.05) is 26.3 Å². The molecule has 6 nitrogen and oxygen atoms in total. The average molecular weight is 335 g/mol. The first kappa shape index (κ1) is 17.4.